The van der Waals surface area contributed by atoms with Crippen LogP contribution in [-0.4, -0.2) is 63.9 Å². The zero-order valence-corrected chi connectivity index (χ0v) is 16.8. The molecule has 1 N–H and O–H groups in total. The molecule has 0 saturated carbocycles. The van der Waals surface area contributed by atoms with Crippen LogP contribution in [0.1, 0.15) is 32.8 Å². The van der Waals surface area contributed by atoms with E-state index in [1.165, 1.54) is 0 Å². The van der Waals surface area contributed by atoms with Crippen LogP contribution in [0.5, 0.6) is 11.5 Å². The van der Waals surface area contributed by atoms with Gasteiger partial charge in [0.15, 0.2) is 11.5 Å². The van der Waals surface area contributed by atoms with Crippen molar-refractivity contribution in [2.45, 2.75) is 39.7 Å². The smallest absolute Gasteiger partial charge is 0.237 e. The standard InChI is InChI=1S/C20H34N2O4/c1-6-25-18-10-9-17(15-19(18)26-7-2)11-12-21-20(23)16(3)22(4)13-8-14-24-5/h9-10,15-16H,6-8,11-14H2,1-5H3,(H,21,23). The number of nitrogens with zero attached hydrogens (tertiary/aromatic N) is 1. The topological polar surface area (TPSA) is 60.0 Å². The molecule has 0 aliphatic rings. The molecule has 6 nitrogen and oxygen atoms in total. The number of nitrogens with one attached hydrogen (secondary N) is 1. The number of ether oxygens (including phenoxy) is 3. The number of rotatable bonds is 13. The fourth-order valence-corrected chi connectivity index (χ4v) is 2.58. The van der Waals surface area contributed by atoms with E-state index in [-0.39, 0.29) is 11.9 Å². The third-order valence-corrected chi connectivity index (χ3v) is 4.22. The van der Waals surface area contributed by atoms with Gasteiger partial charge in [-0.25, -0.2) is 0 Å². The second kappa shape index (κ2) is 12.5. The van der Waals surface area contributed by atoms with E-state index in [2.05, 4.69) is 5.32 Å². The average molecular weight is 367 g/mol. The van der Waals surface area contributed by atoms with Gasteiger partial charge < -0.3 is 19.5 Å². The van der Waals surface area contributed by atoms with Crippen molar-refractivity contribution in [1.29, 1.82) is 0 Å². The highest BCUT2D eigenvalue weighted by Gasteiger charge is 2.17. The Labute approximate surface area is 157 Å². The van der Waals surface area contributed by atoms with Gasteiger partial charge in [0.25, 0.3) is 0 Å². The lowest BCUT2D eigenvalue weighted by Gasteiger charge is -2.23. The summed E-state index contributed by atoms with van der Waals surface area (Å²) in [7, 11) is 3.65. The number of hydrogen-bond acceptors (Lipinski definition) is 5. The lowest BCUT2D eigenvalue weighted by Crippen LogP contribution is -2.44. The van der Waals surface area contributed by atoms with E-state index in [1.54, 1.807) is 7.11 Å². The fraction of sp³-hybridized carbons (Fsp3) is 0.650. The lowest BCUT2D eigenvalue weighted by atomic mass is 10.1. The molecule has 0 aliphatic carbocycles. The van der Waals surface area contributed by atoms with Crippen molar-refractivity contribution in [3.8, 4) is 11.5 Å². The Morgan fingerprint density at radius 2 is 1.88 bits per heavy atom. The van der Waals surface area contributed by atoms with Gasteiger partial charge in [-0.05, 0) is 58.4 Å². The summed E-state index contributed by atoms with van der Waals surface area (Å²) in [6.07, 6.45) is 1.66. The molecule has 26 heavy (non-hydrogen) atoms. The Bertz CT molecular complexity index is 537. The van der Waals surface area contributed by atoms with Crippen molar-refractivity contribution in [3.63, 3.8) is 0 Å². The Balaban J connectivity index is 2.48. The number of carbonyl (C=O) groups is 1. The summed E-state index contributed by atoms with van der Waals surface area (Å²) in [6, 6.07) is 5.77. The molecule has 0 bridgehead atoms. The van der Waals surface area contributed by atoms with Crippen LogP contribution in [0.4, 0.5) is 0 Å². The monoisotopic (exact) mass is 366 g/mol. The largest absolute Gasteiger partial charge is 0.490 e. The Morgan fingerprint density at radius 1 is 1.19 bits per heavy atom. The van der Waals surface area contributed by atoms with E-state index in [0.29, 0.717) is 26.4 Å². The third kappa shape index (κ3) is 7.62. The van der Waals surface area contributed by atoms with Crippen molar-refractivity contribution in [2.24, 2.45) is 0 Å². The Morgan fingerprint density at radius 3 is 2.54 bits per heavy atom. The van der Waals surface area contributed by atoms with Crippen molar-refractivity contribution in [2.75, 3.05) is 47.1 Å². The van der Waals surface area contributed by atoms with Crippen LogP contribution in [0.15, 0.2) is 18.2 Å². The molecule has 0 spiro atoms. The number of likely N-dealkylation sites (N-methyl/N-ethyl adjacent to an activating group) is 1. The maximum absolute atomic E-state index is 12.3. The predicted octanol–water partition coefficient (Wildman–Crippen LogP) is 2.50. The molecule has 0 saturated heterocycles. The van der Waals surface area contributed by atoms with E-state index in [0.717, 1.165) is 36.4 Å². The van der Waals surface area contributed by atoms with E-state index >= 15 is 0 Å². The molecule has 0 fully saturated rings. The molecule has 0 aromatic heterocycles. The summed E-state index contributed by atoms with van der Waals surface area (Å²) in [4.78, 5) is 14.3. The highest BCUT2D eigenvalue weighted by Crippen LogP contribution is 2.28. The molecular weight excluding hydrogens is 332 g/mol. The SMILES string of the molecule is CCOc1ccc(CCNC(=O)C(C)N(C)CCCOC)cc1OCC. The molecule has 0 aliphatic heterocycles. The molecule has 148 valence electrons. The van der Waals surface area contributed by atoms with E-state index in [4.69, 9.17) is 14.2 Å². The minimum absolute atomic E-state index is 0.0425. The number of carbonyl (C=O) groups excluding carboxylic acids is 1. The first kappa shape index (κ1) is 22.3. The summed E-state index contributed by atoms with van der Waals surface area (Å²) in [5.41, 5.74) is 1.11. The quantitative estimate of drug-likeness (QED) is 0.544. The Hall–Kier alpha value is -1.79. The maximum Gasteiger partial charge on any atom is 0.237 e. The zero-order chi connectivity index (χ0) is 19.4. The number of methoxy groups -OCH3 is 1. The highest BCUT2D eigenvalue weighted by atomic mass is 16.5. The van der Waals surface area contributed by atoms with Gasteiger partial charge in [0.05, 0.1) is 19.3 Å². The molecule has 0 heterocycles. The van der Waals surface area contributed by atoms with Gasteiger partial charge in [-0.2, -0.15) is 0 Å². The minimum atomic E-state index is -0.161. The van der Waals surface area contributed by atoms with E-state index in [1.807, 2.05) is 50.9 Å². The van der Waals surface area contributed by atoms with Gasteiger partial charge in [-0.1, -0.05) is 6.07 Å². The van der Waals surface area contributed by atoms with Crippen LogP contribution in [-0.2, 0) is 16.0 Å². The number of benzene rings is 1. The van der Waals surface area contributed by atoms with E-state index in [9.17, 15) is 4.79 Å². The summed E-state index contributed by atoms with van der Waals surface area (Å²) in [5, 5.41) is 3.01. The molecule has 1 atom stereocenters. The molecule has 1 unspecified atom stereocenters. The minimum Gasteiger partial charge on any atom is -0.490 e. The van der Waals surface area contributed by atoms with Gasteiger partial charge in [0, 0.05) is 26.8 Å². The second-order valence-electron chi connectivity index (χ2n) is 6.19. The first-order valence-electron chi connectivity index (χ1n) is 9.38. The second-order valence-corrected chi connectivity index (χ2v) is 6.19. The van der Waals surface area contributed by atoms with Crippen molar-refractivity contribution < 1.29 is 19.0 Å². The summed E-state index contributed by atoms with van der Waals surface area (Å²) < 4.78 is 16.3. The van der Waals surface area contributed by atoms with Crippen LogP contribution in [0.2, 0.25) is 0 Å². The van der Waals surface area contributed by atoms with Crippen molar-refractivity contribution in [1.82, 2.24) is 10.2 Å². The van der Waals surface area contributed by atoms with Gasteiger partial charge in [0.2, 0.25) is 5.91 Å². The Kier molecular flexibility index (Phi) is 10.7. The number of hydrogen-bond donors (Lipinski definition) is 1. The molecular formula is C20H34N2O4. The molecule has 1 aromatic rings. The van der Waals surface area contributed by atoms with Gasteiger partial charge in [0.1, 0.15) is 0 Å². The normalized spacial score (nSPS) is 12.1. The van der Waals surface area contributed by atoms with Crippen molar-refractivity contribution >= 4 is 5.91 Å². The summed E-state index contributed by atoms with van der Waals surface area (Å²) in [6.45, 7) is 9.15. The van der Waals surface area contributed by atoms with Crippen LogP contribution in [0, 0.1) is 0 Å². The summed E-state index contributed by atoms with van der Waals surface area (Å²) in [5.74, 6) is 1.55. The van der Waals surface area contributed by atoms with Crippen LogP contribution in [0.3, 0.4) is 0 Å². The third-order valence-electron chi connectivity index (χ3n) is 4.22. The lowest BCUT2D eigenvalue weighted by molar-refractivity contribution is -0.125. The molecule has 0 radical (unpaired) electrons. The van der Waals surface area contributed by atoms with Crippen LogP contribution < -0.4 is 14.8 Å². The molecule has 6 heteroatoms. The van der Waals surface area contributed by atoms with Gasteiger partial charge in [-0.3, -0.25) is 9.69 Å². The molecule has 1 amide bonds. The van der Waals surface area contributed by atoms with E-state index < -0.39 is 0 Å². The first-order valence-corrected chi connectivity index (χ1v) is 9.38. The predicted molar refractivity (Wildman–Crippen MR) is 104 cm³/mol. The molecule has 1 aromatic carbocycles. The zero-order valence-electron chi connectivity index (χ0n) is 16.8. The van der Waals surface area contributed by atoms with Crippen LogP contribution >= 0.6 is 0 Å². The fourth-order valence-electron chi connectivity index (χ4n) is 2.58. The average Bonchev–Trinajstić information content (AvgIpc) is 2.63. The van der Waals surface area contributed by atoms with Crippen LogP contribution in [0.25, 0.3) is 0 Å². The number of amides is 1. The first-order chi connectivity index (χ1) is 12.5. The summed E-state index contributed by atoms with van der Waals surface area (Å²) >= 11 is 0. The molecule has 1 rings (SSSR count). The maximum atomic E-state index is 12.3. The van der Waals surface area contributed by atoms with Gasteiger partial charge >= 0.3 is 0 Å². The highest BCUT2D eigenvalue weighted by molar-refractivity contribution is 5.81. The van der Waals surface area contributed by atoms with Crippen molar-refractivity contribution in [3.05, 3.63) is 23.8 Å². The van der Waals surface area contributed by atoms with Gasteiger partial charge in [-0.15, -0.1) is 0 Å².